The van der Waals surface area contributed by atoms with E-state index in [0.717, 1.165) is 28.4 Å². The Balaban J connectivity index is 1.63. The van der Waals surface area contributed by atoms with Crippen molar-refractivity contribution >= 4 is 22.4 Å². The van der Waals surface area contributed by atoms with Gasteiger partial charge in [0.05, 0.1) is 5.56 Å². The van der Waals surface area contributed by atoms with Crippen LogP contribution in [0.5, 0.6) is 5.75 Å². The lowest BCUT2D eigenvalue weighted by molar-refractivity contribution is 0.102. The summed E-state index contributed by atoms with van der Waals surface area (Å²) in [6, 6.07) is 28.9. The molecule has 0 spiro atoms. The highest BCUT2D eigenvalue weighted by atomic mass is 16.3. The van der Waals surface area contributed by atoms with Gasteiger partial charge in [-0.15, -0.1) is 0 Å². The Bertz CT molecular complexity index is 1100. The maximum atomic E-state index is 12.8. The van der Waals surface area contributed by atoms with Crippen molar-refractivity contribution in [1.82, 2.24) is 0 Å². The molecule has 0 aromatic heterocycles. The van der Waals surface area contributed by atoms with Gasteiger partial charge in [0, 0.05) is 5.69 Å². The first kappa shape index (κ1) is 16.9. The van der Waals surface area contributed by atoms with E-state index in [-0.39, 0.29) is 17.2 Å². The minimum absolute atomic E-state index is 0.0215. The number of nitrogens with one attached hydrogen (secondary N) is 1. The first-order valence-corrected chi connectivity index (χ1v) is 8.85. The first-order chi connectivity index (χ1) is 13.2. The number of carbonyl (C=O) groups excluding carboxylic acids is 1. The molecule has 3 nitrogen and oxygen atoms in total. The fourth-order valence-electron chi connectivity index (χ4n) is 3.21. The molecule has 0 unspecified atom stereocenters. The predicted octanol–water partition coefficient (Wildman–Crippen LogP) is 5.39. The molecule has 27 heavy (non-hydrogen) atoms. The van der Waals surface area contributed by atoms with E-state index in [1.54, 1.807) is 12.1 Å². The van der Waals surface area contributed by atoms with Gasteiger partial charge in [0.25, 0.3) is 5.91 Å². The maximum Gasteiger partial charge on any atom is 0.259 e. The predicted molar refractivity (Wildman–Crippen MR) is 109 cm³/mol. The second kappa shape index (κ2) is 7.34. The largest absolute Gasteiger partial charge is 0.507 e. The third-order valence-electron chi connectivity index (χ3n) is 4.61. The standard InChI is InChI=1S/C24H19NO2/c26-23-16-19-11-5-4-10-18(19)15-21(23)24(27)25-22-13-7-6-12-20(22)14-17-8-2-1-3-9-17/h1-13,15-16,26H,14H2,(H,25,27). The number of hydrogen-bond donors (Lipinski definition) is 2. The zero-order valence-corrected chi connectivity index (χ0v) is 14.7. The molecule has 0 aliphatic rings. The number of carbonyl (C=O) groups is 1. The highest BCUT2D eigenvalue weighted by Gasteiger charge is 2.14. The van der Waals surface area contributed by atoms with E-state index >= 15 is 0 Å². The second-order valence-electron chi connectivity index (χ2n) is 6.49. The highest BCUT2D eigenvalue weighted by Crippen LogP contribution is 2.27. The number of aromatic hydroxyl groups is 1. The fraction of sp³-hybridized carbons (Fsp3) is 0.0417. The topological polar surface area (TPSA) is 49.3 Å². The summed E-state index contributed by atoms with van der Waals surface area (Å²) >= 11 is 0. The molecule has 2 N–H and O–H groups in total. The van der Waals surface area contributed by atoms with Crippen LogP contribution in [0.25, 0.3) is 10.8 Å². The molecule has 4 aromatic carbocycles. The van der Waals surface area contributed by atoms with Crippen LogP contribution in [0.1, 0.15) is 21.5 Å². The summed E-state index contributed by atoms with van der Waals surface area (Å²) in [4.78, 5) is 12.8. The number of benzene rings is 4. The van der Waals surface area contributed by atoms with Gasteiger partial charge in [0.15, 0.2) is 0 Å². The molecule has 0 radical (unpaired) electrons. The highest BCUT2D eigenvalue weighted by molar-refractivity contribution is 6.08. The second-order valence-corrected chi connectivity index (χ2v) is 6.49. The summed E-state index contributed by atoms with van der Waals surface area (Å²) in [5.41, 5.74) is 3.22. The number of fused-ring (bicyclic) bond motifs is 1. The molecule has 0 heterocycles. The van der Waals surface area contributed by atoms with E-state index in [1.165, 1.54) is 5.56 Å². The molecule has 132 valence electrons. The Morgan fingerprint density at radius 1 is 0.778 bits per heavy atom. The van der Waals surface area contributed by atoms with Gasteiger partial charge in [0.2, 0.25) is 0 Å². The number of anilines is 1. The Labute approximate surface area is 157 Å². The summed E-state index contributed by atoms with van der Waals surface area (Å²) < 4.78 is 0. The lowest BCUT2D eigenvalue weighted by Crippen LogP contribution is -2.13. The lowest BCUT2D eigenvalue weighted by atomic mass is 10.0. The van der Waals surface area contributed by atoms with Crippen molar-refractivity contribution in [2.75, 3.05) is 5.32 Å². The van der Waals surface area contributed by atoms with Crippen LogP contribution in [0.3, 0.4) is 0 Å². The van der Waals surface area contributed by atoms with E-state index in [0.29, 0.717) is 0 Å². The minimum atomic E-state index is -0.321. The van der Waals surface area contributed by atoms with E-state index in [2.05, 4.69) is 17.4 Å². The molecule has 3 heteroatoms. The van der Waals surface area contributed by atoms with Crippen LogP contribution in [0.4, 0.5) is 5.69 Å². The Kier molecular flexibility index (Phi) is 4.58. The molecule has 0 fully saturated rings. The minimum Gasteiger partial charge on any atom is -0.507 e. The average Bonchev–Trinajstić information content (AvgIpc) is 2.69. The molecular weight excluding hydrogens is 334 g/mol. The first-order valence-electron chi connectivity index (χ1n) is 8.85. The third kappa shape index (κ3) is 3.67. The molecule has 0 saturated carbocycles. The summed E-state index contributed by atoms with van der Waals surface area (Å²) in [7, 11) is 0. The van der Waals surface area contributed by atoms with Gasteiger partial charge in [-0.3, -0.25) is 4.79 Å². The van der Waals surface area contributed by atoms with Crippen LogP contribution >= 0.6 is 0 Å². The smallest absolute Gasteiger partial charge is 0.259 e. The van der Waals surface area contributed by atoms with Crippen molar-refractivity contribution in [2.24, 2.45) is 0 Å². The molecule has 4 aromatic rings. The quantitative estimate of drug-likeness (QED) is 0.517. The van der Waals surface area contributed by atoms with Gasteiger partial charge >= 0.3 is 0 Å². The summed E-state index contributed by atoms with van der Waals surface area (Å²) in [6.45, 7) is 0. The summed E-state index contributed by atoms with van der Waals surface area (Å²) in [5.74, 6) is -0.342. The molecule has 0 saturated heterocycles. The number of amides is 1. The van der Waals surface area contributed by atoms with Crippen LogP contribution in [-0.2, 0) is 6.42 Å². The van der Waals surface area contributed by atoms with Gasteiger partial charge in [0.1, 0.15) is 5.75 Å². The maximum absolute atomic E-state index is 12.8. The van der Waals surface area contributed by atoms with Crippen molar-refractivity contribution in [1.29, 1.82) is 0 Å². The van der Waals surface area contributed by atoms with Crippen molar-refractivity contribution in [3.63, 3.8) is 0 Å². The summed E-state index contributed by atoms with van der Waals surface area (Å²) in [6.07, 6.45) is 0.723. The van der Waals surface area contributed by atoms with Gasteiger partial charge in [-0.25, -0.2) is 0 Å². The van der Waals surface area contributed by atoms with Crippen molar-refractivity contribution in [3.8, 4) is 5.75 Å². The zero-order chi connectivity index (χ0) is 18.6. The lowest BCUT2D eigenvalue weighted by Gasteiger charge is -2.12. The van der Waals surface area contributed by atoms with Crippen molar-refractivity contribution in [3.05, 3.63) is 108 Å². The molecule has 1 amide bonds. The molecule has 4 rings (SSSR count). The number of para-hydroxylation sites is 1. The molecular formula is C24H19NO2. The number of phenolic OH excluding ortho intramolecular Hbond substituents is 1. The van der Waals surface area contributed by atoms with E-state index < -0.39 is 0 Å². The van der Waals surface area contributed by atoms with E-state index in [9.17, 15) is 9.90 Å². The molecule has 0 aliphatic carbocycles. The van der Waals surface area contributed by atoms with Crippen LogP contribution in [0.2, 0.25) is 0 Å². The number of hydrogen-bond acceptors (Lipinski definition) is 2. The zero-order valence-electron chi connectivity index (χ0n) is 14.7. The number of rotatable bonds is 4. The van der Waals surface area contributed by atoms with Crippen molar-refractivity contribution in [2.45, 2.75) is 6.42 Å². The Morgan fingerprint density at radius 2 is 1.41 bits per heavy atom. The van der Waals surface area contributed by atoms with Crippen LogP contribution in [0, 0.1) is 0 Å². The van der Waals surface area contributed by atoms with Crippen LogP contribution in [-0.4, -0.2) is 11.0 Å². The fourth-order valence-corrected chi connectivity index (χ4v) is 3.21. The monoisotopic (exact) mass is 353 g/mol. The van der Waals surface area contributed by atoms with Crippen LogP contribution < -0.4 is 5.32 Å². The average molecular weight is 353 g/mol. The normalized spacial score (nSPS) is 10.7. The molecule has 0 bridgehead atoms. The van der Waals surface area contributed by atoms with Gasteiger partial charge < -0.3 is 10.4 Å². The molecule has 0 aliphatic heterocycles. The Hall–Kier alpha value is -3.59. The summed E-state index contributed by atoms with van der Waals surface area (Å²) in [5, 5.41) is 15.1. The SMILES string of the molecule is O=C(Nc1ccccc1Cc1ccccc1)c1cc2ccccc2cc1O. The van der Waals surface area contributed by atoms with E-state index in [4.69, 9.17) is 0 Å². The van der Waals surface area contributed by atoms with Gasteiger partial charge in [-0.2, -0.15) is 0 Å². The molecule has 0 atom stereocenters. The van der Waals surface area contributed by atoms with Gasteiger partial charge in [-0.05, 0) is 46.5 Å². The van der Waals surface area contributed by atoms with Crippen molar-refractivity contribution < 1.29 is 9.90 Å². The Morgan fingerprint density at radius 3 is 2.19 bits per heavy atom. The number of phenols is 1. The van der Waals surface area contributed by atoms with E-state index in [1.807, 2.05) is 66.7 Å². The third-order valence-corrected chi connectivity index (χ3v) is 4.61. The van der Waals surface area contributed by atoms with Gasteiger partial charge in [-0.1, -0.05) is 72.8 Å². The van der Waals surface area contributed by atoms with Crippen LogP contribution in [0.15, 0.2) is 91.0 Å².